The zero-order valence-electron chi connectivity index (χ0n) is 16.3. The fraction of sp³-hybridized carbons (Fsp3) is 0.304. The van der Waals surface area contributed by atoms with E-state index in [0.29, 0.717) is 23.6 Å². The van der Waals surface area contributed by atoms with Crippen molar-refractivity contribution in [3.63, 3.8) is 0 Å². The van der Waals surface area contributed by atoms with Crippen molar-refractivity contribution in [2.24, 2.45) is 0 Å². The number of carbonyl (C=O) groups is 1. The number of hydrogen-bond acceptors (Lipinski definition) is 4. The van der Waals surface area contributed by atoms with Crippen molar-refractivity contribution in [2.45, 2.75) is 32.9 Å². The first-order valence-electron chi connectivity index (χ1n) is 9.74. The van der Waals surface area contributed by atoms with Crippen LogP contribution in [0.25, 0.3) is 11.3 Å². The summed E-state index contributed by atoms with van der Waals surface area (Å²) in [5.41, 5.74) is 4.80. The molecule has 1 aliphatic heterocycles. The van der Waals surface area contributed by atoms with Crippen LogP contribution < -0.4 is 5.32 Å². The van der Waals surface area contributed by atoms with E-state index in [0.717, 1.165) is 25.1 Å². The largest absolute Gasteiger partial charge is 0.360 e. The highest BCUT2D eigenvalue weighted by Crippen LogP contribution is 2.25. The second-order valence-corrected chi connectivity index (χ2v) is 7.38. The van der Waals surface area contributed by atoms with Crippen molar-refractivity contribution in [2.75, 3.05) is 13.1 Å². The Hall–Kier alpha value is -2.92. The number of nitrogens with one attached hydrogen (secondary N) is 1. The van der Waals surface area contributed by atoms with Gasteiger partial charge in [0.05, 0.1) is 0 Å². The Morgan fingerprint density at radius 1 is 1.14 bits per heavy atom. The molecular formula is C23H25N3O2. The minimum atomic E-state index is -0.137. The van der Waals surface area contributed by atoms with Crippen molar-refractivity contribution in [3.05, 3.63) is 77.0 Å². The molecule has 0 fully saturated rings. The molecule has 0 saturated heterocycles. The van der Waals surface area contributed by atoms with Gasteiger partial charge in [-0.05, 0) is 31.4 Å². The van der Waals surface area contributed by atoms with Crippen molar-refractivity contribution in [1.82, 2.24) is 15.4 Å². The van der Waals surface area contributed by atoms with E-state index in [1.807, 2.05) is 30.3 Å². The van der Waals surface area contributed by atoms with Crippen LogP contribution in [0.1, 0.15) is 34.2 Å². The summed E-state index contributed by atoms with van der Waals surface area (Å²) in [4.78, 5) is 15.3. The molecule has 1 amide bonds. The van der Waals surface area contributed by atoms with Gasteiger partial charge in [-0.25, -0.2) is 0 Å². The number of hydrogen-bond donors (Lipinski definition) is 1. The summed E-state index contributed by atoms with van der Waals surface area (Å²) in [6.07, 6.45) is 1.05. The Labute approximate surface area is 165 Å². The SMILES string of the molecule is Cc1onc(-c2ccccc2)c1C(=O)NCC(C)N1CCc2ccccc2C1. The van der Waals surface area contributed by atoms with Crippen LogP contribution >= 0.6 is 0 Å². The van der Waals surface area contributed by atoms with Gasteiger partial charge < -0.3 is 9.84 Å². The molecule has 2 heterocycles. The molecule has 0 spiro atoms. The molecule has 1 aliphatic rings. The zero-order chi connectivity index (χ0) is 19.5. The summed E-state index contributed by atoms with van der Waals surface area (Å²) in [5, 5.41) is 7.18. The number of benzene rings is 2. The molecule has 0 bridgehead atoms. The summed E-state index contributed by atoms with van der Waals surface area (Å²) in [6.45, 7) is 6.45. The van der Waals surface area contributed by atoms with Crippen LogP contribution in [0, 0.1) is 6.92 Å². The van der Waals surface area contributed by atoms with E-state index >= 15 is 0 Å². The minimum Gasteiger partial charge on any atom is -0.360 e. The smallest absolute Gasteiger partial charge is 0.257 e. The van der Waals surface area contributed by atoms with Gasteiger partial charge in [0, 0.05) is 31.2 Å². The van der Waals surface area contributed by atoms with Gasteiger partial charge in [0.25, 0.3) is 5.91 Å². The summed E-state index contributed by atoms with van der Waals surface area (Å²) in [5.74, 6) is 0.401. The van der Waals surface area contributed by atoms with E-state index in [-0.39, 0.29) is 11.9 Å². The maximum Gasteiger partial charge on any atom is 0.257 e. The van der Waals surface area contributed by atoms with Gasteiger partial charge in [0.1, 0.15) is 17.0 Å². The van der Waals surface area contributed by atoms with E-state index in [9.17, 15) is 4.79 Å². The predicted octanol–water partition coefficient (Wildman–Crippen LogP) is 3.83. The minimum absolute atomic E-state index is 0.137. The van der Waals surface area contributed by atoms with Crippen LogP contribution in [-0.4, -0.2) is 35.1 Å². The monoisotopic (exact) mass is 375 g/mol. The van der Waals surface area contributed by atoms with Crippen LogP contribution in [0.15, 0.2) is 59.1 Å². The molecule has 2 aromatic carbocycles. The van der Waals surface area contributed by atoms with Crippen molar-refractivity contribution < 1.29 is 9.32 Å². The highest BCUT2D eigenvalue weighted by Gasteiger charge is 2.24. The number of fused-ring (bicyclic) bond motifs is 1. The lowest BCUT2D eigenvalue weighted by Gasteiger charge is -2.33. The molecule has 1 aromatic heterocycles. The van der Waals surface area contributed by atoms with Gasteiger partial charge in [-0.2, -0.15) is 0 Å². The quantitative estimate of drug-likeness (QED) is 0.736. The first-order valence-corrected chi connectivity index (χ1v) is 9.74. The van der Waals surface area contributed by atoms with Gasteiger partial charge in [-0.1, -0.05) is 59.8 Å². The Morgan fingerprint density at radius 3 is 2.64 bits per heavy atom. The van der Waals surface area contributed by atoms with Crippen LogP contribution in [0.3, 0.4) is 0 Å². The summed E-state index contributed by atoms with van der Waals surface area (Å²) >= 11 is 0. The summed E-state index contributed by atoms with van der Waals surface area (Å²) in [6, 6.07) is 18.5. The zero-order valence-corrected chi connectivity index (χ0v) is 16.3. The van der Waals surface area contributed by atoms with Crippen LogP contribution in [0.5, 0.6) is 0 Å². The lowest BCUT2D eigenvalue weighted by atomic mass is 9.99. The lowest BCUT2D eigenvalue weighted by molar-refractivity contribution is 0.0931. The number of rotatable bonds is 5. The number of aryl methyl sites for hydroxylation is 1. The average molecular weight is 375 g/mol. The van der Waals surface area contributed by atoms with E-state index in [4.69, 9.17) is 4.52 Å². The topological polar surface area (TPSA) is 58.4 Å². The fourth-order valence-electron chi connectivity index (χ4n) is 3.78. The molecule has 5 heteroatoms. The highest BCUT2D eigenvalue weighted by atomic mass is 16.5. The molecule has 1 unspecified atom stereocenters. The lowest BCUT2D eigenvalue weighted by Crippen LogP contribution is -2.44. The third-order valence-corrected chi connectivity index (χ3v) is 5.48. The van der Waals surface area contributed by atoms with Crippen molar-refractivity contribution >= 4 is 5.91 Å². The Morgan fingerprint density at radius 2 is 1.86 bits per heavy atom. The van der Waals surface area contributed by atoms with E-state index in [1.54, 1.807) is 6.92 Å². The van der Waals surface area contributed by atoms with Crippen molar-refractivity contribution in [3.8, 4) is 11.3 Å². The Kier molecular flexibility index (Phi) is 5.26. The summed E-state index contributed by atoms with van der Waals surface area (Å²) < 4.78 is 5.31. The molecule has 0 radical (unpaired) electrons. The second kappa shape index (κ2) is 7.98. The van der Waals surface area contributed by atoms with Gasteiger partial charge in [-0.15, -0.1) is 0 Å². The number of carbonyl (C=O) groups excluding carboxylic acids is 1. The molecule has 3 aromatic rings. The molecule has 144 valence electrons. The van der Waals surface area contributed by atoms with Crippen LogP contribution in [0.2, 0.25) is 0 Å². The van der Waals surface area contributed by atoms with Gasteiger partial charge in [0.2, 0.25) is 0 Å². The van der Waals surface area contributed by atoms with E-state index in [2.05, 4.69) is 46.6 Å². The third kappa shape index (κ3) is 3.71. The molecule has 1 N–H and O–H groups in total. The molecular weight excluding hydrogens is 350 g/mol. The number of nitrogens with zero attached hydrogens (tertiary/aromatic N) is 2. The Balaban J connectivity index is 1.42. The highest BCUT2D eigenvalue weighted by molar-refractivity contribution is 6.00. The van der Waals surface area contributed by atoms with Gasteiger partial charge in [0.15, 0.2) is 0 Å². The van der Waals surface area contributed by atoms with Crippen LogP contribution in [0.4, 0.5) is 0 Å². The normalized spacial score (nSPS) is 15.1. The Bertz CT molecular complexity index is 965. The maximum atomic E-state index is 12.9. The van der Waals surface area contributed by atoms with Gasteiger partial charge >= 0.3 is 0 Å². The molecule has 4 rings (SSSR count). The molecule has 0 aliphatic carbocycles. The number of amides is 1. The first-order chi connectivity index (χ1) is 13.6. The van der Waals surface area contributed by atoms with Gasteiger partial charge in [-0.3, -0.25) is 9.69 Å². The van der Waals surface area contributed by atoms with E-state index < -0.39 is 0 Å². The predicted molar refractivity (Wildman–Crippen MR) is 109 cm³/mol. The summed E-state index contributed by atoms with van der Waals surface area (Å²) in [7, 11) is 0. The first kappa shape index (κ1) is 18.4. The third-order valence-electron chi connectivity index (χ3n) is 5.48. The van der Waals surface area contributed by atoms with Crippen molar-refractivity contribution in [1.29, 1.82) is 0 Å². The molecule has 28 heavy (non-hydrogen) atoms. The molecule has 0 saturated carbocycles. The standard InChI is InChI=1S/C23H25N3O2/c1-16(26-13-12-18-8-6-7-11-20(18)15-26)14-24-23(27)21-17(2)28-25-22(21)19-9-4-3-5-10-19/h3-11,16H,12-15H2,1-2H3,(H,24,27). The maximum absolute atomic E-state index is 12.9. The van der Waals surface area contributed by atoms with E-state index in [1.165, 1.54) is 11.1 Å². The molecule has 5 nitrogen and oxygen atoms in total. The fourth-order valence-corrected chi connectivity index (χ4v) is 3.78. The molecule has 1 atom stereocenters. The van der Waals surface area contributed by atoms with Crippen LogP contribution in [-0.2, 0) is 13.0 Å². The second-order valence-electron chi connectivity index (χ2n) is 7.38. The average Bonchev–Trinajstić information content (AvgIpc) is 3.13. The number of aromatic nitrogens is 1.